The highest BCUT2D eigenvalue weighted by Crippen LogP contribution is 2.11. The average molecular weight is 250 g/mol. The number of hydrogen-bond acceptors (Lipinski definition) is 3. The Hall–Kier alpha value is -1.39. The van der Waals surface area contributed by atoms with Crippen LogP contribution in [-0.4, -0.2) is 25.2 Å². The van der Waals surface area contributed by atoms with Crippen LogP contribution in [0.15, 0.2) is 24.3 Å². The second kappa shape index (κ2) is 6.52. The molecule has 100 valence electrons. The molecule has 0 aliphatic heterocycles. The van der Waals surface area contributed by atoms with Gasteiger partial charge in [-0.3, -0.25) is 4.79 Å². The number of nitrogens with one attached hydrogen (secondary N) is 1. The lowest BCUT2D eigenvalue weighted by atomic mass is 10.1. The van der Waals surface area contributed by atoms with Crippen LogP contribution in [0.2, 0.25) is 0 Å². The van der Waals surface area contributed by atoms with Crippen molar-refractivity contribution in [1.29, 1.82) is 0 Å². The molecule has 0 fully saturated rings. The van der Waals surface area contributed by atoms with Gasteiger partial charge in [-0.05, 0) is 44.5 Å². The highest BCUT2D eigenvalue weighted by Gasteiger charge is 2.14. The Morgan fingerprint density at radius 1 is 1.44 bits per heavy atom. The van der Waals surface area contributed by atoms with Gasteiger partial charge >= 0.3 is 0 Å². The van der Waals surface area contributed by atoms with Crippen LogP contribution in [0.25, 0.3) is 0 Å². The molecule has 3 N–H and O–H groups in total. The Kier molecular flexibility index (Phi) is 5.31. The van der Waals surface area contributed by atoms with E-state index in [-0.39, 0.29) is 5.60 Å². The monoisotopic (exact) mass is 250 g/mol. The van der Waals surface area contributed by atoms with Crippen molar-refractivity contribution in [2.45, 2.75) is 32.4 Å². The van der Waals surface area contributed by atoms with E-state index in [9.17, 15) is 4.79 Å². The van der Waals surface area contributed by atoms with Crippen LogP contribution in [0.1, 0.15) is 36.2 Å². The Labute approximate surface area is 109 Å². The number of carbonyl (C=O) groups is 1. The molecule has 0 spiro atoms. The van der Waals surface area contributed by atoms with E-state index in [4.69, 9.17) is 10.5 Å². The zero-order valence-electron chi connectivity index (χ0n) is 11.3. The molecule has 1 aromatic carbocycles. The topological polar surface area (TPSA) is 64.3 Å². The number of benzene rings is 1. The lowest BCUT2D eigenvalue weighted by molar-refractivity contribution is 0.0158. The first kappa shape index (κ1) is 14.7. The minimum absolute atomic E-state index is 0.109. The van der Waals surface area contributed by atoms with Crippen molar-refractivity contribution in [3.8, 4) is 0 Å². The molecule has 0 aromatic heterocycles. The Bertz CT molecular complexity index is 403. The number of carbonyl (C=O) groups excluding carboxylic acids is 1. The molecule has 1 amide bonds. The predicted octanol–water partition coefficient (Wildman–Crippen LogP) is 1.69. The van der Waals surface area contributed by atoms with Gasteiger partial charge in [-0.1, -0.05) is 12.1 Å². The van der Waals surface area contributed by atoms with Crippen LogP contribution < -0.4 is 11.1 Å². The molecule has 18 heavy (non-hydrogen) atoms. The van der Waals surface area contributed by atoms with E-state index in [2.05, 4.69) is 19.2 Å². The molecule has 1 rings (SSSR count). The van der Waals surface area contributed by atoms with Crippen molar-refractivity contribution in [2.75, 3.05) is 13.7 Å². The maximum absolute atomic E-state index is 11.0. The largest absolute Gasteiger partial charge is 0.379 e. The van der Waals surface area contributed by atoms with E-state index in [0.717, 1.165) is 25.1 Å². The summed E-state index contributed by atoms with van der Waals surface area (Å²) in [5.74, 6) is -0.391. The van der Waals surface area contributed by atoms with Crippen LogP contribution in [-0.2, 0) is 11.3 Å². The molecule has 0 radical (unpaired) electrons. The van der Waals surface area contributed by atoms with Crippen molar-refractivity contribution in [1.82, 2.24) is 5.32 Å². The SMILES string of the molecule is COC(C)(C)CCNCc1cccc(C(N)=O)c1. The maximum atomic E-state index is 11.0. The van der Waals surface area contributed by atoms with E-state index in [1.165, 1.54) is 0 Å². The number of rotatable bonds is 7. The normalized spacial score (nSPS) is 11.5. The van der Waals surface area contributed by atoms with Crippen molar-refractivity contribution in [3.05, 3.63) is 35.4 Å². The van der Waals surface area contributed by atoms with Gasteiger partial charge in [-0.2, -0.15) is 0 Å². The second-order valence-corrected chi connectivity index (χ2v) is 4.96. The zero-order valence-corrected chi connectivity index (χ0v) is 11.3. The summed E-state index contributed by atoms with van der Waals surface area (Å²) in [4.78, 5) is 11.0. The van der Waals surface area contributed by atoms with E-state index in [0.29, 0.717) is 5.56 Å². The van der Waals surface area contributed by atoms with Gasteiger partial charge in [0, 0.05) is 19.2 Å². The number of methoxy groups -OCH3 is 1. The standard InChI is InChI=1S/C14H22N2O2/c1-14(2,18-3)7-8-16-10-11-5-4-6-12(9-11)13(15)17/h4-6,9,16H,7-8,10H2,1-3H3,(H2,15,17). The summed E-state index contributed by atoms with van der Waals surface area (Å²) in [7, 11) is 1.72. The van der Waals surface area contributed by atoms with E-state index in [1.54, 1.807) is 13.2 Å². The minimum atomic E-state index is -0.391. The zero-order chi connectivity index (χ0) is 13.6. The quantitative estimate of drug-likeness (QED) is 0.724. The summed E-state index contributed by atoms with van der Waals surface area (Å²) in [5.41, 5.74) is 6.73. The maximum Gasteiger partial charge on any atom is 0.248 e. The first-order chi connectivity index (χ1) is 8.44. The Balaban J connectivity index is 2.40. The molecule has 4 nitrogen and oxygen atoms in total. The van der Waals surface area contributed by atoms with Crippen molar-refractivity contribution >= 4 is 5.91 Å². The van der Waals surface area contributed by atoms with Crippen LogP contribution in [0.3, 0.4) is 0 Å². The second-order valence-electron chi connectivity index (χ2n) is 4.96. The summed E-state index contributed by atoms with van der Waals surface area (Å²) >= 11 is 0. The summed E-state index contributed by atoms with van der Waals surface area (Å²) in [6.45, 7) is 5.70. The summed E-state index contributed by atoms with van der Waals surface area (Å²) in [6, 6.07) is 7.35. The molecule has 0 aliphatic rings. The third-order valence-corrected chi connectivity index (χ3v) is 3.00. The third kappa shape index (κ3) is 4.85. The van der Waals surface area contributed by atoms with Crippen LogP contribution in [0, 0.1) is 0 Å². The van der Waals surface area contributed by atoms with E-state index >= 15 is 0 Å². The van der Waals surface area contributed by atoms with Crippen LogP contribution >= 0.6 is 0 Å². The lowest BCUT2D eigenvalue weighted by Crippen LogP contribution is -2.28. The molecule has 0 unspecified atom stereocenters. The van der Waals surface area contributed by atoms with Gasteiger partial charge in [0.25, 0.3) is 0 Å². The average Bonchev–Trinajstić information content (AvgIpc) is 2.35. The van der Waals surface area contributed by atoms with E-state index in [1.807, 2.05) is 18.2 Å². The molecule has 0 bridgehead atoms. The van der Waals surface area contributed by atoms with Gasteiger partial charge < -0.3 is 15.8 Å². The lowest BCUT2D eigenvalue weighted by Gasteiger charge is -2.22. The predicted molar refractivity (Wildman–Crippen MR) is 72.4 cm³/mol. The van der Waals surface area contributed by atoms with Crippen molar-refractivity contribution in [3.63, 3.8) is 0 Å². The van der Waals surface area contributed by atoms with Gasteiger partial charge in [0.05, 0.1) is 5.60 Å². The van der Waals surface area contributed by atoms with Gasteiger partial charge in [0.1, 0.15) is 0 Å². The first-order valence-electron chi connectivity index (χ1n) is 6.09. The fraction of sp³-hybridized carbons (Fsp3) is 0.500. The fourth-order valence-corrected chi connectivity index (χ4v) is 1.56. The Morgan fingerprint density at radius 2 is 2.17 bits per heavy atom. The minimum Gasteiger partial charge on any atom is -0.379 e. The van der Waals surface area contributed by atoms with Gasteiger partial charge in [0.15, 0.2) is 0 Å². The number of primary amides is 1. The van der Waals surface area contributed by atoms with E-state index < -0.39 is 5.91 Å². The Morgan fingerprint density at radius 3 is 2.78 bits per heavy atom. The number of hydrogen-bond donors (Lipinski definition) is 2. The van der Waals surface area contributed by atoms with Gasteiger partial charge in [-0.25, -0.2) is 0 Å². The molecule has 0 saturated carbocycles. The van der Waals surface area contributed by atoms with Gasteiger partial charge in [-0.15, -0.1) is 0 Å². The van der Waals surface area contributed by atoms with Crippen LogP contribution in [0.4, 0.5) is 0 Å². The summed E-state index contributed by atoms with van der Waals surface area (Å²) in [5, 5.41) is 3.33. The number of ether oxygens (including phenoxy) is 1. The third-order valence-electron chi connectivity index (χ3n) is 3.00. The summed E-state index contributed by atoms with van der Waals surface area (Å²) in [6.07, 6.45) is 0.930. The fourth-order valence-electron chi connectivity index (χ4n) is 1.56. The smallest absolute Gasteiger partial charge is 0.248 e. The molecule has 4 heteroatoms. The molecule has 1 aromatic rings. The van der Waals surface area contributed by atoms with Crippen molar-refractivity contribution < 1.29 is 9.53 Å². The number of nitrogens with two attached hydrogens (primary N) is 1. The molecule has 0 atom stereocenters. The number of amides is 1. The highest BCUT2D eigenvalue weighted by molar-refractivity contribution is 5.92. The molecule has 0 saturated heterocycles. The molecule has 0 heterocycles. The highest BCUT2D eigenvalue weighted by atomic mass is 16.5. The summed E-state index contributed by atoms with van der Waals surface area (Å²) < 4.78 is 5.34. The van der Waals surface area contributed by atoms with Crippen LogP contribution in [0.5, 0.6) is 0 Å². The molecular weight excluding hydrogens is 228 g/mol. The molecular formula is C14H22N2O2. The first-order valence-corrected chi connectivity index (χ1v) is 6.09. The van der Waals surface area contributed by atoms with Gasteiger partial charge in [0.2, 0.25) is 5.91 Å². The molecule has 0 aliphatic carbocycles. The van der Waals surface area contributed by atoms with Crippen molar-refractivity contribution in [2.24, 2.45) is 5.73 Å².